The Kier molecular flexibility index (Phi) is 12.9. The molecule has 0 aliphatic heterocycles. The molecular weight excluding hydrogens is 439 g/mol. The Morgan fingerprint density at radius 1 is 1.38 bits per heavy atom. The van der Waals surface area contributed by atoms with Crippen molar-refractivity contribution in [3.8, 4) is 0 Å². The van der Waals surface area contributed by atoms with Crippen LogP contribution in [0.25, 0.3) is 0 Å². The third kappa shape index (κ3) is 9.43. The molecule has 1 aromatic rings. The van der Waals surface area contributed by atoms with Crippen molar-refractivity contribution in [1.82, 2.24) is 15.1 Å². The molecule has 8 heteroatoms. The number of guanidine groups is 1. The van der Waals surface area contributed by atoms with Gasteiger partial charge >= 0.3 is 0 Å². The summed E-state index contributed by atoms with van der Waals surface area (Å²) in [5.74, 6) is 0.727. The van der Waals surface area contributed by atoms with E-state index in [9.17, 15) is 4.79 Å². The van der Waals surface area contributed by atoms with Crippen molar-refractivity contribution in [3.05, 3.63) is 22.4 Å². The molecule has 24 heavy (non-hydrogen) atoms. The number of likely N-dealkylation sites (N-methyl/N-ethyl adjacent to an activating group) is 1. The zero-order chi connectivity index (χ0) is 17.1. The maximum absolute atomic E-state index is 11.8. The van der Waals surface area contributed by atoms with Crippen molar-refractivity contribution in [1.29, 1.82) is 0 Å². The first-order valence-electron chi connectivity index (χ1n) is 7.83. The Labute approximate surface area is 166 Å². The van der Waals surface area contributed by atoms with Crippen molar-refractivity contribution in [2.24, 2.45) is 4.99 Å². The van der Waals surface area contributed by atoms with Gasteiger partial charge in [-0.2, -0.15) is 11.3 Å². The van der Waals surface area contributed by atoms with E-state index in [1.807, 2.05) is 18.9 Å². The van der Waals surface area contributed by atoms with Gasteiger partial charge in [0.1, 0.15) is 6.54 Å². The zero-order valence-corrected chi connectivity index (χ0v) is 18.1. The average Bonchev–Trinajstić information content (AvgIpc) is 3.02. The lowest BCUT2D eigenvalue weighted by atomic mass is 10.3. The summed E-state index contributed by atoms with van der Waals surface area (Å²) in [7, 11) is 5.45. The van der Waals surface area contributed by atoms with Gasteiger partial charge < -0.3 is 19.9 Å². The number of thiophene rings is 1. The van der Waals surface area contributed by atoms with Crippen LogP contribution in [-0.4, -0.2) is 69.1 Å². The van der Waals surface area contributed by atoms with Crippen molar-refractivity contribution >= 4 is 47.2 Å². The van der Waals surface area contributed by atoms with Crippen LogP contribution in [0.3, 0.4) is 0 Å². The molecule has 0 spiro atoms. The largest absolute Gasteiger partial charge is 0.382 e. The van der Waals surface area contributed by atoms with Crippen LogP contribution in [0.15, 0.2) is 21.8 Å². The second-order valence-electron chi connectivity index (χ2n) is 5.39. The highest BCUT2D eigenvalue weighted by Crippen LogP contribution is 2.08. The van der Waals surface area contributed by atoms with E-state index in [2.05, 4.69) is 27.1 Å². The molecule has 1 rings (SSSR count). The molecule has 0 aliphatic carbocycles. The van der Waals surface area contributed by atoms with Gasteiger partial charge in [-0.15, -0.1) is 24.0 Å². The molecule has 1 amide bonds. The lowest BCUT2D eigenvalue weighted by Crippen LogP contribution is -2.40. The Bertz CT molecular complexity index is 480. The fraction of sp³-hybridized carbons (Fsp3) is 0.625. The Morgan fingerprint density at radius 3 is 2.71 bits per heavy atom. The molecular formula is C16H29IN4O2S. The van der Waals surface area contributed by atoms with E-state index in [0.717, 1.165) is 38.7 Å². The van der Waals surface area contributed by atoms with Gasteiger partial charge in [0.05, 0.1) is 0 Å². The number of carbonyl (C=O) groups excluding carboxylic acids is 1. The van der Waals surface area contributed by atoms with Gasteiger partial charge in [0, 0.05) is 47.4 Å². The Hall–Kier alpha value is -0.870. The number of halogens is 1. The van der Waals surface area contributed by atoms with Crippen LogP contribution in [0.5, 0.6) is 0 Å². The van der Waals surface area contributed by atoms with Crippen LogP contribution < -0.4 is 5.32 Å². The minimum absolute atomic E-state index is 0. The standard InChI is InChI=1S/C16H28N4O2S.HI/c1-5-22-9-6-8-17-16(18-11-15(21)19(2)3)20(4)12-14-7-10-23-13-14;/h7,10,13H,5-6,8-9,11-12H2,1-4H3,(H,17,18);1H. The summed E-state index contributed by atoms with van der Waals surface area (Å²) in [6.45, 7) is 5.12. The smallest absolute Gasteiger partial charge is 0.243 e. The molecule has 0 fully saturated rings. The number of nitrogens with one attached hydrogen (secondary N) is 1. The molecule has 0 saturated heterocycles. The minimum atomic E-state index is -0.0115. The van der Waals surface area contributed by atoms with E-state index >= 15 is 0 Å². The number of aliphatic imine (C=N–C) groups is 1. The molecule has 0 unspecified atom stereocenters. The SMILES string of the molecule is CCOCCCNC(=NCC(=O)N(C)C)N(C)Cc1ccsc1.I. The van der Waals surface area contributed by atoms with Gasteiger partial charge in [0.25, 0.3) is 0 Å². The molecule has 0 radical (unpaired) electrons. The average molecular weight is 468 g/mol. The van der Waals surface area contributed by atoms with E-state index in [0.29, 0.717) is 0 Å². The third-order valence-corrected chi connectivity index (χ3v) is 3.91. The summed E-state index contributed by atoms with van der Waals surface area (Å²) in [5, 5.41) is 7.49. The summed E-state index contributed by atoms with van der Waals surface area (Å²) in [6.07, 6.45) is 0.904. The summed E-state index contributed by atoms with van der Waals surface area (Å²) in [6, 6.07) is 2.10. The highest BCUT2D eigenvalue weighted by Gasteiger charge is 2.09. The van der Waals surface area contributed by atoms with Crippen LogP contribution >= 0.6 is 35.3 Å². The van der Waals surface area contributed by atoms with Gasteiger partial charge in [0.2, 0.25) is 5.91 Å². The molecule has 1 aromatic heterocycles. The molecule has 0 aliphatic rings. The first-order valence-corrected chi connectivity index (χ1v) is 8.77. The summed E-state index contributed by atoms with van der Waals surface area (Å²) in [4.78, 5) is 19.8. The zero-order valence-electron chi connectivity index (χ0n) is 14.9. The van der Waals surface area contributed by atoms with Gasteiger partial charge in [0.15, 0.2) is 5.96 Å². The third-order valence-electron chi connectivity index (χ3n) is 3.18. The predicted octanol–water partition coefficient (Wildman–Crippen LogP) is 2.26. The van der Waals surface area contributed by atoms with E-state index in [4.69, 9.17) is 4.74 Å². The van der Waals surface area contributed by atoms with Crippen LogP contribution in [0.4, 0.5) is 0 Å². The molecule has 0 bridgehead atoms. The van der Waals surface area contributed by atoms with Crippen molar-refractivity contribution in [3.63, 3.8) is 0 Å². The quantitative estimate of drug-likeness (QED) is 0.262. The number of hydrogen-bond acceptors (Lipinski definition) is 4. The van der Waals surface area contributed by atoms with Crippen LogP contribution in [-0.2, 0) is 16.1 Å². The summed E-state index contributed by atoms with van der Waals surface area (Å²) >= 11 is 1.68. The van der Waals surface area contributed by atoms with Crippen LogP contribution in [0.2, 0.25) is 0 Å². The number of amides is 1. The highest BCUT2D eigenvalue weighted by molar-refractivity contribution is 14.0. The second kappa shape index (κ2) is 13.4. The monoisotopic (exact) mass is 468 g/mol. The van der Waals surface area contributed by atoms with Crippen molar-refractivity contribution in [2.45, 2.75) is 19.9 Å². The van der Waals surface area contributed by atoms with Gasteiger partial charge in [-0.1, -0.05) is 0 Å². The van der Waals surface area contributed by atoms with Crippen molar-refractivity contribution in [2.75, 3.05) is 47.4 Å². The minimum Gasteiger partial charge on any atom is -0.382 e. The summed E-state index contributed by atoms with van der Waals surface area (Å²) < 4.78 is 5.34. The first kappa shape index (κ1) is 23.1. The number of rotatable bonds is 9. The normalized spacial score (nSPS) is 10.9. The van der Waals surface area contributed by atoms with E-state index in [1.54, 1.807) is 30.3 Å². The lowest BCUT2D eigenvalue weighted by molar-refractivity contribution is -0.127. The number of nitrogens with zero attached hydrogens (tertiary/aromatic N) is 3. The lowest BCUT2D eigenvalue weighted by Gasteiger charge is -2.22. The van der Waals surface area contributed by atoms with Crippen LogP contribution in [0, 0.1) is 0 Å². The first-order chi connectivity index (χ1) is 11.0. The van der Waals surface area contributed by atoms with Crippen LogP contribution in [0.1, 0.15) is 18.9 Å². The maximum atomic E-state index is 11.8. The fourth-order valence-electron chi connectivity index (χ4n) is 1.85. The molecule has 0 aromatic carbocycles. The highest BCUT2D eigenvalue weighted by atomic mass is 127. The number of carbonyl (C=O) groups is 1. The Balaban J connectivity index is 0.00000529. The topological polar surface area (TPSA) is 57.2 Å². The maximum Gasteiger partial charge on any atom is 0.243 e. The molecule has 1 N–H and O–H groups in total. The van der Waals surface area contributed by atoms with E-state index in [1.165, 1.54) is 5.56 Å². The fourth-order valence-corrected chi connectivity index (χ4v) is 2.51. The van der Waals surface area contributed by atoms with E-state index in [-0.39, 0.29) is 36.4 Å². The predicted molar refractivity (Wildman–Crippen MR) is 111 cm³/mol. The van der Waals surface area contributed by atoms with E-state index < -0.39 is 0 Å². The second-order valence-corrected chi connectivity index (χ2v) is 6.17. The van der Waals surface area contributed by atoms with Crippen molar-refractivity contribution < 1.29 is 9.53 Å². The molecule has 6 nitrogen and oxygen atoms in total. The molecule has 0 atom stereocenters. The number of hydrogen-bond donors (Lipinski definition) is 1. The molecule has 1 heterocycles. The molecule has 0 saturated carbocycles. The van der Waals surface area contributed by atoms with Gasteiger partial charge in [-0.25, -0.2) is 4.99 Å². The number of ether oxygens (including phenoxy) is 1. The van der Waals surface area contributed by atoms with Gasteiger partial charge in [-0.3, -0.25) is 4.79 Å². The summed E-state index contributed by atoms with van der Waals surface area (Å²) in [5.41, 5.74) is 1.24. The Morgan fingerprint density at radius 2 is 2.12 bits per heavy atom. The molecule has 138 valence electrons. The van der Waals surface area contributed by atoms with Gasteiger partial charge in [-0.05, 0) is 35.7 Å².